The summed E-state index contributed by atoms with van der Waals surface area (Å²) in [6.07, 6.45) is 1.87. The van der Waals surface area contributed by atoms with Crippen LogP contribution in [0.3, 0.4) is 0 Å². The quantitative estimate of drug-likeness (QED) is 0.598. The first-order chi connectivity index (χ1) is 14.7. The van der Waals surface area contributed by atoms with E-state index in [1.54, 1.807) is 14.2 Å². The van der Waals surface area contributed by atoms with Gasteiger partial charge in [-0.2, -0.15) is 5.10 Å². The topological polar surface area (TPSA) is 59.6 Å². The molecule has 0 saturated carbocycles. The molecule has 2 aromatic carbocycles. The Morgan fingerprint density at radius 3 is 2.47 bits per heavy atom. The second kappa shape index (κ2) is 9.22. The van der Waals surface area contributed by atoms with Crippen molar-refractivity contribution in [2.45, 2.75) is 32.9 Å². The first kappa shape index (κ1) is 20.3. The van der Waals surface area contributed by atoms with Crippen molar-refractivity contribution in [2.75, 3.05) is 27.4 Å². The van der Waals surface area contributed by atoms with Crippen molar-refractivity contribution >= 4 is 0 Å². The van der Waals surface area contributed by atoms with E-state index in [4.69, 9.17) is 14.2 Å². The van der Waals surface area contributed by atoms with E-state index in [1.165, 1.54) is 16.8 Å². The maximum absolute atomic E-state index is 5.88. The fraction of sp³-hybridized carbons (Fsp3) is 0.375. The number of aromatic nitrogens is 2. The summed E-state index contributed by atoms with van der Waals surface area (Å²) in [6.45, 7) is 5.49. The molecule has 0 radical (unpaired) electrons. The molecule has 4 rings (SSSR count). The summed E-state index contributed by atoms with van der Waals surface area (Å²) >= 11 is 0. The van der Waals surface area contributed by atoms with Crippen LogP contribution in [0, 0.1) is 0 Å². The van der Waals surface area contributed by atoms with E-state index in [-0.39, 0.29) is 0 Å². The standard InChI is InChI=1S/C24H29N3O3/c1-4-12-30-24-21(28-2)13-18(14-22(24)29-3)23-19-16-27(11-10-20(19)25-26-23)15-17-8-6-5-7-9-17/h5-9,13-14H,4,10-12,15-16H2,1-3H3,(H,25,26). The average molecular weight is 408 g/mol. The van der Waals surface area contributed by atoms with Crippen LogP contribution in [0.25, 0.3) is 11.3 Å². The summed E-state index contributed by atoms with van der Waals surface area (Å²) in [5.41, 5.74) is 5.68. The summed E-state index contributed by atoms with van der Waals surface area (Å²) in [5, 5.41) is 7.89. The summed E-state index contributed by atoms with van der Waals surface area (Å²) in [6, 6.07) is 14.6. The van der Waals surface area contributed by atoms with Crippen LogP contribution >= 0.6 is 0 Å². The summed E-state index contributed by atoms with van der Waals surface area (Å²) < 4.78 is 17.1. The Balaban J connectivity index is 1.64. The highest BCUT2D eigenvalue weighted by Gasteiger charge is 2.24. The van der Waals surface area contributed by atoms with Gasteiger partial charge in [-0.3, -0.25) is 10.00 Å². The third-order valence-corrected chi connectivity index (χ3v) is 5.45. The summed E-state index contributed by atoms with van der Waals surface area (Å²) in [5.74, 6) is 1.96. The number of nitrogens with zero attached hydrogens (tertiary/aromatic N) is 2. The van der Waals surface area contributed by atoms with E-state index in [0.29, 0.717) is 23.9 Å². The highest BCUT2D eigenvalue weighted by atomic mass is 16.5. The van der Waals surface area contributed by atoms with Crippen molar-refractivity contribution in [3.8, 4) is 28.5 Å². The van der Waals surface area contributed by atoms with Gasteiger partial charge in [0, 0.05) is 42.9 Å². The van der Waals surface area contributed by atoms with Gasteiger partial charge in [0.25, 0.3) is 0 Å². The van der Waals surface area contributed by atoms with Gasteiger partial charge in [-0.05, 0) is 24.1 Å². The Kier molecular flexibility index (Phi) is 6.23. The van der Waals surface area contributed by atoms with Crippen LogP contribution in [-0.4, -0.2) is 42.5 Å². The molecule has 3 aromatic rings. The van der Waals surface area contributed by atoms with Gasteiger partial charge >= 0.3 is 0 Å². The van der Waals surface area contributed by atoms with Crippen LogP contribution in [0.5, 0.6) is 17.2 Å². The van der Waals surface area contributed by atoms with E-state index in [0.717, 1.165) is 43.7 Å². The van der Waals surface area contributed by atoms with E-state index in [2.05, 4.69) is 52.4 Å². The molecule has 2 heterocycles. The number of benzene rings is 2. The van der Waals surface area contributed by atoms with Crippen LogP contribution < -0.4 is 14.2 Å². The molecule has 1 N–H and O–H groups in total. The number of hydrogen-bond donors (Lipinski definition) is 1. The Labute approximate surface area is 177 Å². The molecule has 0 bridgehead atoms. The van der Waals surface area contributed by atoms with Crippen LogP contribution in [-0.2, 0) is 19.5 Å². The molecule has 1 aliphatic rings. The molecule has 0 amide bonds. The van der Waals surface area contributed by atoms with Crippen LogP contribution in [0.2, 0.25) is 0 Å². The van der Waals surface area contributed by atoms with E-state index < -0.39 is 0 Å². The number of nitrogens with one attached hydrogen (secondary N) is 1. The van der Waals surface area contributed by atoms with E-state index in [9.17, 15) is 0 Å². The third kappa shape index (κ3) is 4.14. The lowest BCUT2D eigenvalue weighted by Gasteiger charge is -2.27. The molecular weight excluding hydrogens is 378 g/mol. The normalized spacial score (nSPS) is 13.7. The maximum Gasteiger partial charge on any atom is 0.203 e. The lowest BCUT2D eigenvalue weighted by atomic mass is 10.00. The van der Waals surface area contributed by atoms with Gasteiger partial charge in [0.1, 0.15) is 0 Å². The lowest BCUT2D eigenvalue weighted by molar-refractivity contribution is 0.245. The highest BCUT2D eigenvalue weighted by molar-refractivity contribution is 5.71. The number of fused-ring (bicyclic) bond motifs is 1. The minimum atomic E-state index is 0.609. The van der Waals surface area contributed by atoms with Crippen molar-refractivity contribution in [2.24, 2.45) is 0 Å². The van der Waals surface area contributed by atoms with E-state index in [1.807, 2.05) is 12.1 Å². The average Bonchev–Trinajstić information content (AvgIpc) is 3.21. The molecule has 6 nitrogen and oxygen atoms in total. The number of rotatable bonds is 8. The number of methoxy groups -OCH3 is 2. The van der Waals surface area contributed by atoms with Crippen LogP contribution in [0.4, 0.5) is 0 Å². The molecule has 0 fully saturated rings. The van der Waals surface area contributed by atoms with Crippen molar-refractivity contribution < 1.29 is 14.2 Å². The first-order valence-electron chi connectivity index (χ1n) is 10.4. The first-order valence-corrected chi connectivity index (χ1v) is 10.4. The highest BCUT2D eigenvalue weighted by Crippen LogP contribution is 2.42. The van der Waals surface area contributed by atoms with Crippen molar-refractivity contribution in [1.82, 2.24) is 15.1 Å². The summed E-state index contributed by atoms with van der Waals surface area (Å²) in [4.78, 5) is 2.46. The molecule has 1 aliphatic heterocycles. The number of aromatic amines is 1. The molecule has 0 atom stereocenters. The fourth-order valence-electron chi connectivity index (χ4n) is 3.93. The maximum atomic E-state index is 5.88. The molecular formula is C24H29N3O3. The molecule has 0 aliphatic carbocycles. The monoisotopic (exact) mass is 407 g/mol. The lowest BCUT2D eigenvalue weighted by Crippen LogP contribution is -2.29. The smallest absolute Gasteiger partial charge is 0.203 e. The van der Waals surface area contributed by atoms with Gasteiger partial charge < -0.3 is 14.2 Å². The predicted octanol–water partition coefficient (Wildman–Crippen LogP) is 4.44. The van der Waals surface area contributed by atoms with Gasteiger partial charge in [0.05, 0.1) is 26.5 Å². The molecule has 1 aromatic heterocycles. The Morgan fingerprint density at radius 2 is 1.80 bits per heavy atom. The minimum Gasteiger partial charge on any atom is -0.493 e. The minimum absolute atomic E-state index is 0.609. The van der Waals surface area contributed by atoms with Crippen molar-refractivity contribution in [1.29, 1.82) is 0 Å². The van der Waals surface area contributed by atoms with Crippen LogP contribution in [0.1, 0.15) is 30.2 Å². The van der Waals surface area contributed by atoms with Gasteiger partial charge in [0.2, 0.25) is 5.75 Å². The van der Waals surface area contributed by atoms with E-state index >= 15 is 0 Å². The predicted molar refractivity (Wildman–Crippen MR) is 117 cm³/mol. The number of ether oxygens (including phenoxy) is 3. The second-order valence-electron chi connectivity index (χ2n) is 7.53. The van der Waals surface area contributed by atoms with Gasteiger partial charge in [-0.15, -0.1) is 0 Å². The third-order valence-electron chi connectivity index (χ3n) is 5.45. The molecule has 0 unspecified atom stereocenters. The Hall–Kier alpha value is -2.99. The van der Waals surface area contributed by atoms with Gasteiger partial charge in [0.15, 0.2) is 11.5 Å². The number of hydrogen-bond acceptors (Lipinski definition) is 5. The van der Waals surface area contributed by atoms with Crippen molar-refractivity contribution in [3.05, 3.63) is 59.3 Å². The molecule has 0 spiro atoms. The Bertz CT molecular complexity index is 960. The fourth-order valence-corrected chi connectivity index (χ4v) is 3.93. The molecule has 158 valence electrons. The largest absolute Gasteiger partial charge is 0.493 e. The van der Waals surface area contributed by atoms with Crippen LogP contribution in [0.15, 0.2) is 42.5 Å². The second-order valence-corrected chi connectivity index (χ2v) is 7.53. The van der Waals surface area contributed by atoms with Gasteiger partial charge in [-0.1, -0.05) is 37.3 Å². The summed E-state index contributed by atoms with van der Waals surface area (Å²) in [7, 11) is 3.30. The SMILES string of the molecule is CCCOc1c(OC)cc(-c2n[nH]c3c2CN(Cc2ccccc2)CC3)cc1OC. The van der Waals surface area contributed by atoms with Crippen molar-refractivity contribution in [3.63, 3.8) is 0 Å². The van der Waals surface area contributed by atoms with Gasteiger partial charge in [-0.25, -0.2) is 0 Å². The zero-order valence-corrected chi connectivity index (χ0v) is 17.9. The zero-order chi connectivity index (χ0) is 20.9. The molecule has 0 saturated heterocycles. The zero-order valence-electron chi connectivity index (χ0n) is 17.9. The molecule has 30 heavy (non-hydrogen) atoms. The molecule has 6 heteroatoms. The number of H-pyrrole nitrogens is 1. The Morgan fingerprint density at radius 1 is 1.07 bits per heavy atom.